The van der Waals surface area contributed by atoms with Gasteiger partial charge in [0.2, 0.25) is 0 Å². The quantitative estimate of drug-likeness (QED) is 0.658. The molecule has 1 atom stereocenters. The third kappa shape index (κ3) is 3.83. The first-order chi connectivity index (χ1) is 12.4. The lowest BCUT2D eigenvalue weighted by Gasteiger charge is -2.24. The normalized spacial score (nSPS) is 12.7. The summed E-state index contributed by atoms with van der Waals surface area (Å²) in [5.74, 6) is 0.260. The van der Waals surface area contributed by atoms with Gasteiger partial charge in [0.1, 0.15) is 16.7 Å². The van der Waals surface area contributed by atoms with Crippen molar-refractivity contribution in [1.29, 1.82) is 0 Å². The van der Waals surface area contributed by atoms with E-state index in [0.717, 1.165) is 28.4 Å². The number of hydrogen-bond acceptors (Lipinski definition) is 6. The van der Waals surface area contributed by atoms with Gasteiger partial charge in [0.25, 0.3) is 5.56 Å². The minimum Gasteiger partial charge on any atom is -0.464 e. The van der Waals surface area contributed by atoms with Crippen molar-refractivity contribution >= 4 is 27.5 Å². The van der Waals surface area contributed by atoms with Crippen LogP contribution in [0.15, 0.2) is 4.79 Å². The smallest absolute Gasteiger partial charge is 0.329 e. The molecule has 6 nitrogen and oxygen atoms in total. The van der Waals surface area contributed by atoms with Gasteiger partial charge in [-0.1, -0.05) is 20.8 Å². The topological polar surface area (TPSA) is 64.4 Å². The van der Waals surface area contributed by atoms with Crippen LogP contribution in [-0.4, -0.2) is 40.1 Å². The first-order valence-corrected chi connectivity index (χ1v) is 10.1. The van der Waals surface area contributed by atoms with Crippen molar-refractivity contribution in [2.45, 2.75) is 60.5 Å². The predicted octanol–water partition coefficient (Wildman–Crippen LogP) is 3.43. The molecular formula is C19H29N3O3S. The Hall–Kier alpha value is -1.73. The van der Waals surface area contributed by atoms with Crippen molar-refractivity contribution < 1.29 is 9.53 Å². The summed E-state index contributed by atoms with van der Waals surface area (Å²) in [5, 5.41) is 0.624. The molecule has 0 aromatic carbocycles. The minimum absolute atomic E-state index is 0.140. The predicted molar refractivity (Wildman–Crippen MR) is 106 cm³/mol. The van der Waals surface area contributed by atoms with E-state index in [1.54, 1.807) is 11.5 Å². The van der Waals surface area contributed by atoms with Crippen LogP contribution < -0.4 is 5.56 Å². The van der Waals surface area contributed by atoms with Crippen LogP contribution in [0.4, 0.5) is 0 Å². The molecule has 0 saturated heterocycles. The number of aryl methyl sites for hydroxylation is 2. The number of nitrogens with zero attached hydrogens (tertiary/aromatic N) is 3. The van der Waals surface area contributed by atoms with Gasteiger partial charge in [-0.15, -0.1) is 11.3 Å². The van der Waals surface area contributed by atoms with E-state index in [4.69, 9.17) is 9.72 Å². The van der Waals surface area contributed by atoms with Crippen molar-refractivity contribution in [3.05, 3.63) is 26.6 Å². The zero-order valence-electron chi connectivity index (χ0n) is 16.6. The van der Waals surface area contributed by atoms with Gasteiger partial charge in [0, 0.05) is 4.88 Å². The maximum atomic E-state index is 13.4. The molecule has 2 heterocycles. The minimum atomic E-state index is -0.649. The summed E-state index contributed by atoms with van der Waals surface area (Å²) in [5.41, 5.74) is 0.809. The molecule has 0 N–H and O–H groups in total. The SMILES string of the molecule is CCOC(=O)C(CC)n1c(CN(CC)CC)nc2sc(C)c(C)c2c1=O. The summed E-state index contributed by atoms with van der Waals surface area (Å²) >= 11 is 1.54. The summed E-state index contributed by atoms with van der Waals surface area (Å²) in [6.45, 7) is 14.3. The zero-order chi connectivity index (χ0) is 19.4. The Morgan fingerprint density at radius 2 is 1.88 bits per heavy atom. The Labute approximate surface area is 158 Å². The lowest BCUT2D eigenvalue weighted by molar-refractivity contribution is -0.147. The van der Waals surface area contributed by atoms with Crippen molar-refractivity contribution in [3.8, 4) is 0 Å². The molecule has 1 unspecified atom stereocenters. The van der Waals surface area contributed by atoms with Crippen LogP contribution in [0, 0.1) is 13.8 Å². The molecule has 7 heteroatoms. The summed E-state index contributed by atoms with van der Waals surface area (Å²) in [7, 11) is 0. The summed E-state index contributed by atoms with van der Waals surface area (Å²) in [4.78, 5) is 34.7. The number of rotatable bonds is 8. The van der Waals surface area contributed by atoms with Gasteiger partial charge >= 0.3 is 5.97 Å². The number of hydrogen-bond donors (Lipinski definition) is 0. The van der Waals surface area contributed by atoms with Crippen LogP contribution in [0.2, 0.25) is 0 Å². The van der Waals surface area contributed by atoms with E-state index >= 15 is 0 Å². The number of thiophene rings is 1. The highest BCUT2D eigenvalue weighted by atomic mass is 32.1. The lowest BCUT2D eigenvalue weighted by Crippen LogP contribution is -2.36. The molecule has 0 aliphatic carbocycles. The fourth-order valence-electron chi connectivity index (χ4n) is 3.12. The molecule has 2 aromatic heterocycles. The fourth-order valence-corrected chi connectivity index (χ4v) is 4.16. The van der Waals surface area contributed by atoms with Gasteiger partial charge in [0.05, 0.1) is 18.5 Å². The van der Waals surface area contributed by atoms with E-state index in [1.165, 1.54) is 11.3 Å². The van der Waals surface area contributed by atoms with Crippen LogP contribution in [0.5, 0.6) is 0 Å². The van der Waals surface area contributed by atoms with Gasteiger partial charge in [-0.3, -0.25) is 14.3 Å². The Morgan fingerprint density at radius 1 is 1.23 bits per heavy atom. The Kier molecular flexibility index (Phi) is 6.94. The van der Waals surface area contributed by atoms with Crippen LogP contribution in [-0.2, 0) is 16.1 Å². The highest BCUT2D eigenvalue weighted by molar-refractivity contribution is 7.18. The summed E-state index contributed by atoms with van der Waals surface area (Å²) in [6, 6.07) is -0.649. The Balaban J connectivity index is 2.73. The second-order valence-corrected chi connectivity index (χ2v) is 7.51. The first kappa shape index (κ1) is 20.6. The van der Waals surface area contributed by atoms with Crippen molar-refractivity contribution in [1.82, 2.24) is 14.5 Å². The molecule has 2 aromatic rings. The maximum Gasteiger partial charge on any atom is 0.329 e. The van der Waals surface area contributed by atoms with Crippen molar-refractivity contribution in [2.24, 2.45) is 0 Å². The van der Waals surface area contributed by atoms with Crippen LogP contribution in [0.3, 0.4) is 0 Å². The van der Waals surface area contributed by atoms with E-state index in [0.29, 0.717) is 30.8 Å². The maximum absolute atomic E-state index is 13.4. The van der Waals surface area contributed by atoms with Gasteiger partial charge in [-0.05, 0) is 45.8 Å². The van der Waals surface area contributed by atoms with Crippen molar-refractivity contribution in [3.63, 3.8) is 0 Å². The number of esters is 1. The summed E-state index contributed by atoms with van der Waals surface area (Å²) < 4.78 is 6.79. The van der Waals surface area contributed by atoms with E-state index in [-0.39, 0.29) is 11.5 Å². The first-order valence-electron chi connectivity index (χ1n) is 9.29. The number of carbonyl (C=O) groups is 1. The van der Waals surface area contributed by atoms with Crippen LogP contribution >= 0.6 is 11.3 Å². The Morgan fingerprint density at radius 3 is 2.42 bits per heavy atom. The average molecular weight is 380 g/mol. The van der Waals surface area contributed by atoms with Gasteiger partial charge in [0.15, 0.2) is 0 Å². The van der Waals surface area contributed by atoms with E-state index in [9.17, 15) is 9.59 Å². The molecule has 0 radical (unpaired) electrons. The second kappa shape index (κ2) is 8.77. The van der Waals surface area contributed by atoms with Gasteiger partial charge in [-0.2, -0.15) is 0 Å². The second-order valence-electron chi connectivity index (χ2n) is 6.30. The summed E-state index contributed by atoms with van der Waals surface area (Å²) in [6.07, 6.45) is 0.485. The fraction of sp³-hybridized carbons (Fsp3) is 0.632. The molecular weight excluding hydrogens is 350 g/mol. The van der Waals surface area contributed by atoms with Crippen LogP contribution in [0.25, 0.3) is 10.2 Å². The molecule has 0 spiro atoms. The standard InChI is InChI=1S/C19H29N3O3S/c1-7-14(19(24)25-10-4)22-15(11-21(8-2)9-3)20-17-16(18(22)23)12(5)13(6)26-17/h14H,7-11H2,1-6H3. The monoisotopic (exact) mass is 379 g/mol. The molecule has 0 aliphatic rings. The van der Waals surface area contributed by atoms with E-state index in [1.807, 2.05) is 20.8 Å². The zero-order valence-corrected chi connectivity index (χ0v) is 17.4. The largest absolute Gasteiger partial charge is 0.464 e. The molecule has 2 rings (SSSR count). The number of aromatic nitrogens is 2. The highest BCUT2D eigenvalue weighted by Gasteiger charge is 2.27. The van der Waals surface area contributed by atoms with E-state index in [2.05, 4.69) is 18.7 Å². The third-order valence-corrected chi connectivity index (χ3v) is 5.93. The third-order valence-electron chi connectivity index (χ3n) is 4.82. The lowest BCUT2D eigenvalue weighted by atomic mass is 10.1. The number of fused-ring (bicyclic) bond motifs is 1. The highest BCUT2D eigenvalue weighted by Crippen LogP contribution is 2.28. The van der Waals surface area contributed by atoms with Crippen LogP contribution in [0.1, 0.15) is 56.4 Å². The molecule has 0 bridgehead atoms. The van der Waals surface area contributed by atoms with Gasteiger partial charge < -0.3 is 4.74 Å². The average Bonchev–Trinajstić information content (AvgIpc) is 2.90. The molecule has 0 fully saturated rings. The molecule has 26 heavy (non-hydrogen) atoms. The molecule has 0 saturated carbocycles. The number of ether oxygens (including phenoxy) is 1. The van der Waals surface area contributed by atoms with Crippen molar-refractivity contribution in [2.75, 3.05) is 19.7 Å². The molecule has 144 valence electrons. The molecule has 0 aliphatic heterocycles. The van der Waals surface area contributed by atoms with E-state index < -0.39 is 6.04 Å². The number of carbonyl (C=O) groups excluding carboxylic acids is 1. The Bertz CT molecular complexity index is 837. The molecule has 0 amide bonds. The van der Waals surface area contributed by atoms with Gasteiger partial charge in [-0.25, -0.2) is 9.78 Å².